The molecule has 4 aliphatic heterocycles. The van der Waals surface area contributed by atoms with Crippen LogP contribution in [0.3, 0.4) is 0 Å². The summed E-state index contributed by atoms with van der Waals surface area (Å²) in [6, 6.07) is 41.2. The summed E-state index contributed by atoms with van der Waals surface area (Å²) in [6.07, 6.45) is 0. The molecule has 0 radical (unpaired) electrons. The number of anilines is 5. The van der Waals surface area contributed by atoms with Gasteiger partial charge in [0.05, 0.1) is 21.2 Å². The Morgan fingerprint density at radius 2 is 1.32 bits per heavy atom. The first kappa shape index (κ1) is 24.4. The number of aryl methyl sites for hydroxylation is 2. The van der Waals surface area contributed by atoms with Crippen molar-refractivity contribution in [2.75, 3.05) is 9.71 Å². The summed E-state index contributed by atoms with van der Waals surface area (Å²) in [4.78, 5) is 7.24. The van der Waals surface area contributed by atoms with Crippen molar-refractivity contribution in [2.45, 2.75) is 23.6 Å². The van der Waals surface area contributed by atoms with Crippen LogP contribution in [0.1, 0.15) is 11.1 Å². The summed E-state index contributed by atoms with van der Waals surface area (Å²) >= 11 is 1.78. The Kier molecular flexibility index (Phi) is 4.85. The first-order valence-electron chi connectivity index (χ1n) is 15.0. The van der Waals surface area contributed by atoms with Gasteiger partial charge in [0.2, 0.25) is 0 Å². The molecule has 4 nitrogen and oxygen atoms in total. The molecule has 0 aromatic heterocycles. The summed E-state index contributed by atoms with van der Waals surface area (Å²) < 4.78 is 13.1. The highest BCUT2D eigenvalue weighted by Gasteiger charge is 2.48. The number of ether oxygens (including phenoxy) is 2. The van der Waals surface area contributed by atoms with Crippen molar-refractivity contribution in [3.63, 3.8) is 0 Å². The summed E-state index contributed by atoms with van der Waals surface area (Å²) in [6.45, 7) is 4.37. The van der Waals surface area contributed by atoms with Gasteiger partial charge in [-0.2, -0.15) is 0 Å². The van der Waals surface area contributed by atoms with Crippen LogP contribution in [-0.4, -0.2) is 6.85 Å². The second-order valence-electron chi connectivity index (χ2n) is 11.9. The molecule has 0 spiro atoms. The fourth-order valence-corrected chi connectivity index (χ4v) is 8.38. The molecule has 208 valence electrons. The molecular weight excluding hydrogens is 559 g/mol. The molecule has 0 bridgehead atoms. The van der Waals surface area contributed by atoms with Crippen molar-refractivity contribution in [3.8, 4) is 34.1 Å². The smallest absolute Gasteiger partial charge is 0.333 e. The molecule has 6 aromatic carbocycles. The highest BCUT2D eigenvalue weighted by Crippen LogP contribution is 2.56. The minimum absolute atomic E-state index is 0.0471. The lowest BCUT2D eigenvalue weighted by Gasteiger charge is -2.47. The SMILES string of the molecule is Cc1cc2c3c(c1)N1c4ccccc4Oc4cccc(c41)B3N(c1ccccc1C)c1cc3c(cc1-2)Oc1ccccc1S3. The molecule has 4 heterocycles. The van der Waals surface area contributed by atoms with E-state index < -0.39 is 0 Å². The Bertz CT molecular complexity index is 2230. The molecule has 0 saturated carbocycles. The van der Waals surface area contributed by atoms with Gasteiger partial charge in [0.15, 0.2) is 11.5 Å². The Morgan fingerprint density at radius 3 is 2.20 bits per heavy atom. The molecular formula is C38H25BN2O2S. The predicted molar refractivity (Wildman–Crippen MR) is 180 cm³/mol. The Labute approximate surface area is 260 Å². The number of fused-ring (bicyclic) bond motifs is 8. The van der Waals surface area contributed by atoms with Crippen molar-refractivity contribution in [2.24, 2.45) is 0 Å². The van der Waals surface area contributed by atoms with E-state index in [2.05, 4.69) is 127 Å². The number of rotatable bonds is 1. The van der Waals surface area contributed by atoms with Crippen LogP contribution in [0.5, 0.6) is 23.0 Å². The van der Waals surface area contributed by atoms with Gasteiger partial charge >= 0.3 is 6.85 Å². The first-order valence-corrected chi connectivity index (χ1v) is 15.8. The molecule has 0 atom stereocenters. The minimum atomic E-state index is -0.0471. The number of para-hydroxylation sites is 5. The predicted octanol–water partition coefficient (Wildman–Crippen LogP) is 9.37. The summed E-state index contributed by atoms with van der Waals surface area (Å²) in [7, 11) is 0. The van der Waals surface area contributed by atoms with Crippen LogP contribution < -0.4 is 30.1 Å². The second kappa shape index (κ2) is 8.74. The fourth-order valence-electron chi connectivity index (χ4n) is 7.42. The highest BCUT2D eigenvalue weighted by molar-refractivity contribution is 7.99. The van der Waals surface area contributed by atoms with Crippen molar-refractivity contribution in [3.05, 3.63) is 126 Å². The molecule has 0 N–H and O–H groups in total. The van der Waals surface area contributed by atoms with Crippen LogP contribution in [0.25, 0.3) is 11.1 Å². The van der Waals surface area contributed by atoms with Gasteiger partial charge in [-0.1, -0.05) is 72.4 Å². The number of hydrogen-bond donors (Lipinski definition) is 0. The number of benzene rings is 6. The maximum atomic E-state index is 6.57. The average molecular weight is 585 g/mol. The van der Waals surface area contributed by atoms with E-state index in [0.29, 0.717) is 0 Å². The van der Waals surface area contributed by atoms with E-state index >= 15 is 0 Å². The van der Waals surface area contributed by atoms with Crippen molar-refractivity contribution >= 4 is 58.0 Å². The van der Waals surface area contributed by atoms with E-state index in [1.165, 1.54) is 50.2 Å². The monoisotopic (exact) mass is 584 g/mol. The summed E-state index contributed by atoms with van der Waals surface area (Å²) in [5, 5.41) is 0. The third-order valence-corrected chi connectivity index (χ3v) is 10.3. The largest absolute Gasteiger partial charge is 0.455 e. The molecule has 0 unspecified atom stereocenters. The third kappa shape index (κ3) is 3.21. The van der Waals surface area contributed by atoms with Crippen LogP contribution in [0.15, 0.2) is 125 Å². The van der Waals surface area contributed by atoms with Gasteiger partial charge in [-0.05, 0) is 96.1 Å². The third-order valence-electron chi connectivity index (χ3n) is 9.23. The molecule has 44 heavy (non-hydrogen) atoms. The fraction of sp³-hybridized carbons (Fsp3) is 0.0526. The normalized spacial score (nSPS) is 14.3. The van der Waals surface area contributed by atoms with Gasteiger partial charge in [0.25, 0.3) is 0 Å². The highest BCUT2D eigenvalue weighted by atomic mass is 32.2. The lowest BCUT2D eigenvalue weighted by molar-refractivity contribution is 0.455. The molecule has 6 aromatic rings. The number of nitrogens with zero attached hydrogens (tertiary/aromatic N) is 2. The van der Waals surface area contributed by atoms with Gasteiger partial charge in [0.1, 0.15) is 11.5 Å². The summed E-state index contributed by atoms with van der Waals surface area (Å²) in [5.41, 5.74) is 13.2. The molecule has 0 amide bonds. The quantitative estimate of drug-likeness (QED) is 0.179. The van der Waals surface area contributed by atoms with Crippen molar-refractivity contribution < 1.29 is 9.47 Å². The van der Waals surface area contributed by atoms with Gasteiger partial charge < -0.3 is 19.2 Å². The standard InChI is InChI=1S/C38H25BN2O2S/c1-22-18-25-24-20-34-36(44-35-17-8-7-15-32(35)43-34)21-29(24)41(27-12-4-3-10-23(27)2)39-26-11-9-16-33-38(26)40(30(19-22)37(25)39)28-13-5-6-14-31(28)42-33/h3-21H,1-2H3. The lowest BCUT2D eigenvalue weighted by atomic mass is 9.43. The maximum Gasteiger partial charge on any atom is 0.333 e. The average Bonchev–Trinajstić information content (AvgIpc) is 3.04. The van der Waals surface area contributed by atoms with Crippen LogP contribution in [0, 0.1) is 13.8 Å². The van der Waals surface area contributed by atoms with E-state index in [1.54, 1.807) is 11.8 Å². The topological polar surface area (TPSA) is 24.9 Å². The second-order valence-corrected chi connectivity index (χ2v) is 13.0. The van der Waals surface area contributed by atoms with Crippen LogP contribution in [-0.2, 0) is 0 Å². The van der Waals surface area contributed by atoms with Crippen molar-refractivity contribution in [1.29, 1.82) is 0 Å². The van der Waals surface area contributed by atoms with Crippen molar-refractivity contribution in [1.82, 2.24) is 0 Å². The zero-order valence-corrected chi connectivity index (χ0v) is 25.0. The molecule has 6 heteroatoms. The molecule has 0 aliphatic carbocycles. The van der Waals surface area contributed by atoms with Gasteiger partial charge in [-0.25, -0.2) is 0 Å². The zero-order chi connectivity index (χ0) is 29.1. The van der Waals surface area contributed by atoms with E-state index in [0.717, 1.165) is 44.2 Å². The van der Waals surface area contributed by atoms with E-state index in [-0.39, 0.29) is 6.85 Å². The minimum Gasteiger partial charge on any atom is -0.455 e. The first-order chi connectivity index (χ1) is 21.6. The van der Waals surface area contributed by atoms with Gasteiger partial charge in [-0.3, -0.25) is 0 Å². The molecule has 4 aliphatic rings. The van der Waals surface area contributed by atoms with Crippen LogP contribution >= 0.6 is 11.8 Å². The van der Waals surface area contributed by atoms with Crippen LogP contribution in [0.4, 0.5) is 28.4 Å². The maximum absolute atomic E-state index is 6.57. The Morgan fingerprint density at radius 1 is 0.568 bits per heavy atom. The summed E-state index contributed by atoms with van der Waals surface area (Å²) in [5.74, 6) is 3.57. The van der Waals surface area contributed by atoms with E-state index in [4.69, 9.17) is 9.47 Å². The van der Waals surface area contributed by atoms with Crippen LogP contribution in [0.2, 0.25) is 0 Å². The molecule has 0 saturated heterocycles. The Balaban J connectivity index is 1.32. The van der Waals surface area contributed by atoms with E-state index in [9.17, 15) is 0 Å². The molecule has 0 fully saturated rings. The van der Waals surface area contributed by atoms with Gasteiger partial charge in [0, 0.05) is 22.6 Å². The van der Waals surface area contributed by atoms with E-state index in [1.807, 2.05) is 12.1 Å². The Hall–Kier alpha value is -5.07. The lowest BCUT2D eigenvalue weighted by Crippen LogP contribution is -2.62. The number of hydrogen-bond acceptors (Lipinski definition) is 5. The zero-order valence-electron chi connectivity index (χ0n) is 24.2. The van der Waals surface area contributed by atoms with Gasteiger partial charge in [-0.15, -0.1) is 0 Å². The molecule has 10 rings (SSSR count).